The van der Waals surface area contributed by atoms with E-state index in [0.29, 0.717) is 12.8 Å². The van der Waals surface area contributed by atoms with Crippen LogP contribution >= 0.6 is 0 Å². The molecule has 1 rings (SSSR count). The van der Waals surface area contributed by atoms with Crippen LogP contribution in [0.5, 0.6) is 0 Å². The quantitative estimate of drug-likeness (QED) is 0.203. The predicted octanol–water partition coefficient (Wildman–Crippen LogP) is -1.04. The Morgan fingerprint density at radius 3 is 2.07 bits per heavy atom. The lowest BCUT2D eigenvalue weighted by Gasteiger charge is -2.14. The molecular formula is C19H26N4O6. The summed E-state index contributed by atoms with van der Waals surface area (Å²) < 4.78 is 0. The van der Waals surface area contributed by atoms with Gasteiger partial charge in [0, 0.05) is 38.1 Å². The summed E-state index contributed by atoms with van der Waals surface area (Å²) in [5, 5.41) is 7.48. The van der Waals surface area contributed by atoms with Crippen molar-refractivity contribution in [1.82, 2.24) is 20.9 Å². The number of unbranched alkanes of at least 4 members (excludes halogenated alkanes) is 1. The normalized spacial score (nSPS) is 13.8. The van der Waals surface area contributed by atoms with Crippen molar-refractivity contribution in [2.45, 2.75) is 38.6 Å². The first-order chi connectivity index (χ1) is 13.7. The van der Waals surface area contributed by atoms with Crippen molar-refractivity contribution in [1.29, 1.82) is 0 Å². The summed E-state index contributed by atoms with van der Waals surface area (Å²) in [6.07, 6.45) is 4.95. The highest BCUT2D eigenvalue weighted by molar-refractivity contribution is 6.12. The number of hydrogen-bond acceptors (Lipinski definition) is 6. The van der Waals surface area contributed by atoms with E-state index in [1.54, 1.807) is 0 Å². The Morgan fingerprint density at radius 1 is 1.00 bits per heavy atom. The van der Waals surface area contributed by atoms with Gasteiger partial charge in [-0.15, -0.1) is 6.58 Å². The third-order valence-corrected chi connectivity index (χ3v) is 4.05. The van der Waals surface area contributed by atoms with Crippen LogP contribution in [0, 0.1) is 0 Å². The number of carbonyl (C=O) groups excluding carboxylic acids is 6. The number of imide groups is 1. The first-order valence-electron chi connectivity index (χ1n) is 9.24. The lowest BCUT2D eigenvalue weighted by atomic mass is 10.2. The Kier molecular flexibility index (Phi) is 10.00. The van der Waals surface area contributed by atoms with E-state index < -0.39 is 23.8 Å². The van der Waals surface area contributed by atoms with Gasteiger partial charge in [0.25, 0.3) is 11.8 Å². The second-order valence-corrected chi connectivity index (χ2v) is 6.39. The van der Waals surface area contributed by atoms with Crippen molar-refractivity contribution in [3.8, 4) is 0 Å². The van der Waals surface area contributed by atoms with Crippen LogP contribution in [0.3, 0.4) is 0 Å². The number of amides is 5. The molecule has 0 fully saturated rings. The van der Waals surface area contributed by atoms with Crippen molar-refractivity contribution in [2.24, 2.45) is 0 Å². The van der Waals surface area contributed by atoms with Gasteiger partial charge in [-0.1, -0.05) is 6.08 Å². The molecule has 3 N–H and O–H groups in total. The van der Waals surface area contributed by atoms with Crippen molar-refractivity contribution in [2.75, 3.05) is 19.6 Å². The second-order valence-electron chi connectivity index (χ2n) is 6.39. The van der Waals surface area contributed by atoms with E-state index in [0.717, 1.165) is 4.90 Å². The van der Waals surface area contributed by atoms with Crippen molar-refractivity contribution in [3.63, 3.8) is 0 Å². The highest BCUT2D eigenvalue weighted by atomic mass is 16.2. The number of hydrogen-bond donors (Lipinski definition) is 3. The molecule has 1 aliphatic rings. The molecule has 1 heterocycles. The number of nitrogens with zero attached hydrogens (tertiary/aromatic N) is 1. The fourth-order valence-corrected chi connectivity index (χ4v) is 2.44. The molecule has 1 aliphatic heterocycles. The molecule has 0 aromatic carbocycles. The largest absolute Gasteiger partial charge is 0.354 e. The number of ketones is 1. The summed E-state index contributed by atoms with van der Waals surface area (Å²) in [7, 11) is 0. The van der Waals surface area contributed by atoms with Crippen LogP contribution in [0.25, 0.3) is 0 Å². The van der Waals surface area contributed by atoms with Crippen LogP contribution < -0.4 is 16.0 Å². The molecular weight excluding hydrogens is 380 g/mol. The zero-order valence-electron chi connectivity index (χ0n) is 16.4. The molecule has 5 amide bonds. The van der Waals surface area contributed by atoms with E-state index in [-0.39, 0.29) is 50.1 Å². The van der Waals surface area contributed by atoms with Crippen LogP contribution in [0.2, 0.25) is 0 Å². The zero-order valence-corrected chi connectivity index (χ0v) is 16.4. The monoisotopic (exact) mass is 406 g/mol. The first kappa shape index (κ1) is 23.7. The van der Waals surface area contributed by atoms with E-state index >= 15 is 0 Å². The minimum atomic E-state index is -0.782. The standard InChI is InChI=1S/C19H26N4O6/c1-3-14(13(2)24)22-17(27)12-21-16(26)7-5-4-6-15(25)20-10-11-23-18(28)8-9-19(23)29/h3,8-9,14H,1,4-7,10-12H2,2H3,(H,20,25)(H,21,26)(H,22,27)/t14-/m0/s1. The highest BCUT2D eigenvalue weighted by Gasteiger charge is 2.22. The zero-order chi connectivity index (χ0) is 21.8. The van der Waals surface area contributed by atoms with Gasteiger partial charge in [-0.3, -0.25) is 33.7 Å². The van der Waals surface area contributed by atoms with Crippen molar-refractivity contribution >= 4 is 35.3 Å². The van der Waals surface area contributed by atoms with Gasteiger partial charge in [0.1, 0.15) is 6.04 Å². The molecule has 10 nitrogen and oxygen atoms in total. The Bertz CT molecular complexity index is 697. The number of rotatable bonds is 13. The number of carbonyl (C=O) groups is 6. The third-order valence-electron chi connectivity index (χ3n) is 4.05. The topological polar surface area (TPSA) is 142 Å². The number of Topliss-reactive ketones (excluding diaryl/α,β-unsaturated/α-hetero) is 1. The lowest BCUT2D eigenvalue weighted by Crippen LogP contribution is -2.43. The maximum atomic E-state index is 11.7. The molecule has 0 spiro atoms. The third kappa shape index (κ3) is 8.96. The number of nitrogens with one attached hydrogen (secondary N) is 3. The van der Waals surface area contributed by atoms with Gasteiger partial charge in [0.2, 0.25) is 17.7 Å². The molecule has 0 bridgehead atoms. The van der Waals surface area contributed by atoms with Crippen molar-refractivity contribution in [3.05, 3.63) is 24.8 Å². The fourth-order valence-electron chi connectivity index (χ4n) is 2.44. The average molecular weight is 406 g/mol. The molecule has 0 aliphatic carbocycles. The van der Waals surface area contributed by atoms with E-state index in [1.807, 2.05) is 0 Å². The Morgan fingerprint density at radius 2 is 1.55 bits per heavy atom. The van der Waals surface area contributed by atoms with Gasteiger partial charge >= 0.3 is 0 Å². The van der Waals surface area contributed by atoms with Crippen LogP contribution in [0.4, 0.5) is 0 Å². The molecule has 0 aromatic heterocycles. The molecule has 0 saturated carbocycles. The summed E-state index contributed by atoms with van der Waals surface area (Å²) in [4.78, 5) is 70.0. The van der Waals surface area contributed by atoms with Gasteiger partial charge in [0.15, 0.2) is 5.78 Å². The molecule has 158 valence electrons. The summed E-state index contributed by atoms with van der Waals surface area (Å²) in [6.45, 7) is 4.80. The molecule has 0 unspecified atom stereocenters. The summed E-state index contributed by atoms with van der Waals surface area (Å²) in [5.74, 6) is -2.12. The summed E-state index contributed by atoms with van der Waals surface area (Å²) >= 11 is 0. The Hall–Kier alpha value is -3.30. The highest BCUT2D eigenvalue weighted by Crippen LogP contribution is 2.02. The fraction of sp³-hybridized carbons (Fsp3) is 0.474. The first-order valence-corrected chi connectivity index (χ1v) is 9.24. The van der Waals surface area contributed by atoms with E-state index in [9.17, 15) is 28.8 Å². The van der Waals surface area contributed by atoms with Gasteiger partial charge in [-0.2, -0.15) is 0 Å². The SMILES string of the molecule is C=C[C@H](NC(=O)CNC(=O)CCCCC(=O)NCCN1C(=O)C=CC1=O)C(C)=O. The van der Waals surface area contributed by atoms with Crippen LogP contribution in [-0.4, -0.2) is 65.9 Å². The smallest absolute Gasteiger partial charge is 0.253 e. The van der Waals surface area contributed by atoms with Gasteiger partial charge in [-0.25, -0.2) is 0 Å². The minimum absolute atomic E-state index is 0.108. The van der Waals surface area contributed by atoms with Crippen LogP contribution in [0.15, 0.2) is 24.8 Å². The summed E-state index contributed by atoms with van der Waals surface area (Å²) in [6, 6.07) is -0.782. The maximum absolute atomic E-state index is 11.7. The van der Waals surface area contributed by atoms with Gasteiger partial charge < -0.3 is 16.0 Å². The Labute approximate surface area is 168 Å². The van der Waals surface area contributed by atoms with Gasteiger partial charge in [0.05, 0.1) is 6.54 Å². The molecule has 29 heavy (non-hydrogen) atoms. The molecule has 10 heteroatoms. The summed E-state index contributed by atoms with van der Waals surface area (Å²) in [5.41, 5.74) is 0. The second kappa shape index (κ2) is 12.2. The molecule has 0 saturated heterocycles. The van der Waals surface area contributed by atoms with Crippen molar-refractivity contribution < 1.29 is 28.8 Å². The minimum Gasteiger partial charge on any atom is -0.354 e. The average Bonchev–Trinajstić information content (AvgIpc) is 2.99. The molecule has 1 atom stereocenters. The molecule has 0 aromatic rings. The van der Waals surface area contributed by atoms with Crippen LogP contribution in [-0.2, 0) is 28.8 Å². The molecule has 0 radical (unpaired) electrons. The van der Waals surface area contributed by atoms with E-state index in [4.69, 9.17) is 0 Å². The van der Waals surface area contributed by atoms with E-state index in [2.05, 4.69) is 22.5 Å². The van der Waals surface area contributed by atoms with E-state index in [1.165, 1.54) is 25.2 Å². The van der Waals surface area contributed by atoms with Gasteiger partial charge in [-0.05, 0) is 19.8 Å². The lowest BCUT2D eigenvalue weighted by molar-refractivity contribution is -0.137. The maximum Gasteiger partial charge on any atom is 0.253 e. The Balaban J connectivity index is 2.09. The predicted molar refractivity (Wildman–Crippen MR) is 103 cm³/mol. The van der Waals surface area contributed by atoms with Crippen LogP contribution in [0.1, 0.15) is 32.6 Å².